The Morgan fingerprint density at radius 3 is 2.55 bits per heavy atom. The van der Waals surface area contributed by atoms with E-state index in [1.54, 1.807) is 6.20 Å². The second kappa shape index (κ2) is 8.58. The molecular formula is C20H23ClFN5O3S. The van der Waals surface area contributed by atoms with Gasteiger partial charge in [-0.15, -0.1) is 0 Å². The summed E-state index contributed by atoms with van der Waals surface area (Å²) in [5.41, 5.74) is 0.127. The first-order valence-electron chi connectivity index (χ1n) is 10.0. The Balaban J connectivity index is 1.37. The summed E-state index contributed by atoms with van der Waals surface area (Å²) in [5.74, 6) is -0.0241. The maximum absolute atomic E-state index is 14.4. The van der Waals surface area contributed by atoms with E-state index in [9.17, 15) is 17.6 Å². The molecule has 0 saturated carbocycles. The average molecular weight is 468 g/mol. The molecule has 1 aromatic carbocycles. The molecule has 2 aliphatic rings. The number of sulfone groups is 1. The van der Waals surface area contributed by atoms with Crippen molar-refractivity contribution in [1.29, 1.82) is 0 Å². The van der Waals surface area contributed by atoms with Crippen molar-refractivity contribution >= 4 is 38.9 Å². The summed E-state index contributed by atoms with van der Waals surface area (Å²) in [7, 11) is -3.49. The molecule has 1 amide bonds. The molecule has 1 aromatic heterocycles. The van der Waals surface area contributed by atoms with E-state index in [2.05, 4.69) is 20.2 Å². The largest absolute Gasteiger partial charge is 0.371 e. The van der Waals surface area contributed by atoms with E-state index >= 15 is 0 Å². The van der Waals surface area contributed by atoms with Gasteiger partial charge in [0.1, 0.15) is 22.8 Å². The van der Waals surface area contributed by atoms with Gasteiger partial charge in [-0.25, -0.2) is 17.8 Å². The maximum Gasteiger partial charge on any atom is 0.245 e. The van der Waals surface area contributed by atoms with Gasteiger partial charge >= 0.3 is 0 Å². The molecule has 4 rings (SSSR count). The van der Waals surface area contributed by atoms with Crippen LogP contribution < -0.4 is 10.2 Å². The van der Waals surface area contributed by atoms with E-state index in [1.165, 1.54) is 18.3 Å². The Hall–Kier alpha value is -2.46. The molecule has 2 aromatic rings. The molecule has 1 atom stereocenters. The minimum absolute atomic E-state index is 0.0624. The fourth-order valence-corrected chi connectivity index (χ4v) is 4.90. The van der Waals surface area contributed by atoms with Gasteiger partial charge in [0, 0.05) is 31.9 Å². The predicted octanol–water partition coefficient (Wildman–Crippen LogP) is 2.35. The number of piperidine rings is 1. The van der Waals surface area contributed by atoms with Gasteiger partial charge in [-0.05, 0) is 37.5 Å². The van der Waals surface area contributed by atoms with Crippen LogP contribution in [0.1, 0.15) is 19.3 Å². The molecule has 31 heavy (non-hydrogen) atoms. The van der Waals surface area contributed by atoms with Crippen LogP contribution >= 0.6 is 11.6 Å². The number of hydrogen-bond donors (Lipinski definition) is 1. The molecule has 0 radical (unpaired) electrons. The van der Waals surface area contributed by atoms with Crippen LogP contribution in [0.2, 0.25) is 5.15 Å². The zero-order valence-corrected chi connectivity index (χ0v) is 18.5. The Labute approximate surface area is 185 Å². The summed E-state index contributed by atoms with van der Waals surface area (Å²) in [6, 6.07) is 3.26. The number of carbonyl (C=O) groups excluding carboxylic acids is 1. The minimum atomic E-state index is -3.49. The van der Waals surface area contributed by atoms with Crippen molar-refractivity contribution in [3.05, 3.63) is 41.6 Å². The van der Waals surface area contributed by atoms with Gasteiger partial charge in [-0.3, -0.25) is 9.78 Å². The number of nitrogens with zero attached hydrogens (tertiary/aromatic N) is 4. The van der Waals surface area contributed by atoms with E-state index < -0.39 is 21.7 Å². The SMILES string of the molecule is CS(=O)(=O)c1ccc(N[C@H]2CCN(C3CCN(c4cncc(Cl)n4)CC3)C2=O)c(F)c1. The number of anilines is 2. The van der Waals surface area contributed by atoms with Gasteiger partial charge < -0.3 is 15.1 Å². The number of benzene rings is 1. The van der Waals surface area contributed by atoms with Crippen LogP contribution in [-0.2, 0) is 14.6 Å². The third-order valence-corrected chi connectivity index (χ3v) is 7.05. The lowest BCUT2D eigenvalue weighted by atomic mass is 10.0. The number of likely N-dealkylation sites (tertiary alicyclic amines) is 1. The molecule has 0 bridgehead atoms. The minimum Gasteiger partial charge on any atom is -0.371 e. The van der Waals surface area contributed by atoms with Crippen molar-refractivity contribution in [2.75, 3.05) is 36.1 Å². The Morgan fingerprint density at radius 2 is 1.90 bits per heavy atom. The van der Waals surface area contributed by atoms with Crippen molar-refractivity contribution in [2.45, 2.75) is 36.2 Å². The fraction of sp³-hybridized carbons (Fsp3) is 0.450. The van der Waals surface area contributed by atoms with E-state index in [0.29, 0.717) is 18.1 Å². The third-order valence-electron chi connectivity index (χ3n) is 5.76. The highest BCUT2D eigenvalue weighted by molar-refractivity contribution is 7.90. The molecule has 0 spiro atoms. The number of rotatable bonds is 5. The van der Waals surface area contributed by atoms with E-state index in [0.717, 1.165) is 44.1 Å². The molecular weight excluding hydrogens is 445 g/mol. The van der Waals surface area contributed by atoms with E-state index in [4.69, 9.17) is 11.6 Å². The summed E-state index contributed by atoms with van der Waals surface area (Å²) < 4.78 is 37.5. The highest BCUT2D eigenvalue weighted by atomic mass is 35.5. The van der Waals surface area contributed by atoms with Crippen molar-refractivity contribution in [3.8, 4) is 0 Å². The summed E-state index contributed by atoms with van der Waals surface area (Å²) >= 11 is 5.92. The molecule has 2 fully saturated rings. The van der Waals surface area contributed by atoms with Crippen molar-refractivity contribution in [3.63, 3.8) is 0 Å². The Bertz CT molecular complexity index is 1090. The first-order valence-corrected chi connectivity index (χ1v) is 12.3. The first-order chi connectivity index (χ1) is 14.7. The number of halogens is 2. The average Bonchev–Trinajstić information content (AvgIpc) is 3.09. The second-order valence-corrected chi connectivity index (χ2v) is 10.3. The van der Waals surface area contributed by atoms with Crippen LogP contribution in [0.15, 0.2) is 35.5 Å². The van der Waals surface area contributed by atoms with Gasteiger partial charge in [-0.2, -0.15) is 0 Å². The number of carbonyl (C=O) groups is 1. The van der Waals surface area contributed by atoms with Gasteiger partial charge in [0.15, 0.2) is 9.84 Å². The monoisotopic (exact) mass is 467 g/mol. The maximum atomic E-state index is 14.4. The molecule has 166 valence electrons. The van der Waals surface area contributed by atoms with Crippen LogP contribution in [0.25, 0.3) is 0 Å². The topological polar surface area (TPSA) is 95.5 Å². The van der Waals surface area contributed by atoms with E-state index in [-0.39, 0.29) is 22.5 Å². The van der Waals surface area contributed by atoms with Crippen molar-refractivity contribution in [2.24, 2.45) is 0 Å². The lowest BCUT2D eigenvalue weighted by molar-refractivity contribution is -0.130. The fourth-order valence-electron chi connectivity index (χ4n) is 4.12. The molecule has 0 unspecified atom stereocenters. The van der Waals surface area contributed by atoms with Gasteiger partial charge in [0.25, 0.3) is 0 Å². The molecule has 2 aliphatic heterocycles. The molecule has 1 N–H and O–H groups in total. The van der Waals surface area contributed by atoms with Crippen LogP contribution in [-0.4, -0.2) is 67.2 Å². The van der Waals surface area contributed by atoms with Crippen LogP contribution in [0.5, 0.6) is 0 Å². The van der Waals surface area contributed by atoms with Gasteiger partial charge in [-0.1, -0.05) is 11.6 Å². The van der Waals surface area contributed by atoms with Crippen LogP contribution in [0.4, 0.5) is 15.9 Å². The first kappa shape index (κ1) is 21.8. The predicted molar refractivity (Wildman–Crippen MR) is 116 cm³/mol. The zero-order valence-electron chi connectivity index (χ0n) is 17.0. The van der Waals surface area contributed by atoms with E-state index in [1.807, 2.05) is 4.90 Å². The summed E-state index contributed by atoms with van der Waals surface area (Å²) in [5, 5.41) is 3.29. The molecule has 11 heteroatoms. The molecule has 0 aliphatic carbocycles. The summed E-state index contributed by atoms with van der Waals surface area (Å²) in [6.45, 7) is 2.08. The Kier molecular flexibility index (Phi) is 6.02. The molecule has 2 saturated heterocycles. The highest BCUT2D eigenvalue weighted by Gasteiger charge is 2.37. The molecule has 3 heterocycles. The number of amides is 1. The van der Waals surface area contributed by atoms with Gasteiger partial charge in [0.2, 0.25) is 5.91 Å². The lowest BCUT2D eigenvalue weighted by Crippen LogP contribution is -2.47. The highest BCUT2D eigenvalue weighted by Crippen LogP contribution is 2.27. The smallest absolute Gasteiger partial charge is 0.245 e. The van der Waals surface area contributed by atoms with Crippen LogP contribution in [0, 0.1) is 5.82 Å². The summed E-state index contributed by atoms with van der Waals surface area (Å²) in [4.78, 5) is 25.2. The summed E-state index contributed by atoms with van der Waals surface area (Å²) in [6.07, 6.45) is 6.35. The number of hydrogen-bond acceptors (Lipinski definition) is 7. The second-order valence-electron chi connectivity index (χ2n) is 7.85. The number of nitrogens with one attached hydrogen (secondary N) is 1. The third kappa shape index (κ3) is 4.74. The zero-order chi connectivity index (χ0) is 22.2. The number of aromatic nitrogens is 2. The normalized spacial score (nSPS) is 20.4. The molecule has 8 nitrogen and oxygen atoms in total. The lowest BCUT2D eigenvalue weighted by Gasteiger charge is -2.37. The van der Waals surface area contributed by atoms with Crippen molar-refractivity contribution < 1.29 is 17.6 Å². The van der Waals surface area contributed by atoms with Crippen molar-refractivity contribution in [1.82, 2.24) is 14.9 Å². The quantitative estimate of drug-likeness (QED) is 0.721. The standard InChI is InChI=1S/C20H23ClFN5O3S/c1-31(29,30)14-2-3-16(15(22)10-14)24-17-6-9-27(20(17)28)13-4-7-26(8-5-13)19-12-23-11-18(21)25-19/h2-3,10-13,17,24H,4-9H2,1H3/t17-/m0/s1. The Morgan fingerprint density at radius 1 is 1.16 bits per heavy atom. The van der Waals surface area contributed by atoms with Gasteiger partial charge in [0.05, 0.1) is 23.0 Å². The van der Waals surface area contributed by atoms with Crippen LogP contribution in [0.3, 0.4) is 0 Å².